The van der Waals surface area contributed by atoms with Crippen LogP contribution in [0.3, 0.4) is 0 Å². The Balaban J connectivity index is 0.00000300. The van der Waals surface area contributed by atoms with E-state index in [4.69, 9.17) is 4.74 Å². The van der Waals surface area contributed by atoms with E-state index in [-0.39, 0.29) is 41.5 Å². The monoisotopic (exact) mass is 529 g/mol. The van der Waals surface area contributed by atoms with Gasteiger partial charge in [-0.15, -0.1) is 24.0 Å². The molecular weight excluding hydrogens is 501 g/mol. The SMILES string of the molecule is CCNC(=NCc1ccccc1Oc1cccc(C)c1)NC1CCS(=O)(=O)C1.I. The van der Waals surface area contributed by atoms with Crippen molar-refractivity contribution in [2.75, 3.05) is 18.1 Å². The summed E-state index contributed by atoms with van der Waals surface area (Å²) in [5.41, 5.74) is 2.10. The van der Waals surface area contributed by atoms with E-state index in [0.29, 0.717) is 25.5 Å². The zero-order valence-electron chi connectivity index (χ0n) is 16.7. The molecule has 1 heterocycles. The maximum atomic E-state index is 11.7. The summed E-state index contributed by atoms with van der Waals surface area (Å²) in [5, 5.41) is 6.43. The summed E-state index contributed by atoms with van der Waals surface area (Å²) in [4.78, 5) is 4.63. The molecule has 29 heavy (non-hydrogen) atoms. The highest BCUT2D eigenvalue weighted by Gasteiger charge is 2.28. The average molecular weight is 529 g/mol. The average Bonchev–Trinajstić information content (AvgIpc) is 2.99. The van der Waals surface area contributed by atoms with Crippen LogP contribution in [0.1, 0.15) is 24.5 Å². The fraction of sp³-hybridized carbons (Fsp3) is 0.381. The molecule has 6 nitrogen and oxygen atoms in total. The van der Waals surface area contributed by atoms with E-state index >= 15 is 0 Å². The van der Waals surface area contributed by atoms with E-state index in [9.17, 15) is 8.42 Å². The van der Waals surface area contributed by atoms with E-state index in [1.165, 1.54) is 0 Å². The Labute approximate surface area is 190 Å². The Morgan fingerprint density at radius 1 is 1.21 bits per heavy atom. The maximum Gasteiger partial charge on any atom is 0.191 e. The van der Waals surface area contributed by atoms with Gasteiger partial charge in [-0.3, -0.25) is 0 Å². The Hall–Kier alpha value is -1.81. The van der Waals surface area contributed by atoms with Crippen LogP contribution in [0.5, 0.6) is 11.5 Å². The van der Waals surface area contributed by atoms with Crippen LogP contribution in [-0.2, 0) is 16.4 Å². The summed E-state index contributed by atoms with van der Waals surface area (Å²) >= 11 is 0. The predicted octanol–water partition coefficient (Wildman–Crippen LogP) is 3.65. The molecule has 1 fully saturated rings. The molecule has 8 heteroatoms. The number of rotatable bonds is 6. The van der Waals surface area contributed by atoms with Crippen LogP contribution >= 0.6 is 24.0 Å². The fourth-order valence-corrected chi connectivity index (χ4v) is 4.80. The van der Waals surface area contributed by atoms with E-state index in [2.05, 4.69) is 15.6 Å². The van der Waals surface area contributed by atoms with Gasteiger partial charge in [0.1, 0.15) is 11.5 Å². The van der Waals surface area contributed by atoms with Crippen molar-refractivity contribution >= 4 is 39.8 Å². The van der Waals surface area contributed by atoms with E-state index in [1.54, 1.807) is 0 Å². The summed E-state index contributed by atoms with van der Waals surface area (Å²) < 4.78 is 29.4. The molecule has 1 saturated heterocycles. The molecule has 2 N–H and O–H groups in total. The topological polar surface area (TPSA) is 79.8 Å². The zero-order valence-corrected chi connectivity index (χ0v) is 19.9. The molecule has 158 valence electrons. The molecule has 1 atom stereocenters. The van der Waals surface area contributed by atoms with Gasteiger partial charge in [0.15, 0.2) is 15.8 Å². The van der Waals surface area contributed by atoms with Crippen LogP contribution in [0, 0.1) is 6.92 Å². The van der Waals surface area contributed by atoms with Crippen LogP contribution in [0.25, 0.3) is 0 Å². The molecule has 3 rings (SSSR count). The lowest BCUT2D eigenvalue weighted by atomic mass is 10.2. The first kappa shape index (κ1) is 23.5. The third kappa shape index (κ3) is 7.18. The lowest BCUT2D eigenvalue weighted by Crippen LogP contribution is -2.44. The van der Waals surface area contributed by atoms with Crippen molar-refractivity contribution in [1.82, 2.24) is 10.6 Å². The Kier molecular flexibility index (Phi) is 8.76. The molecule has 0 aliphatic carbocycles. The van der Waals surface area contributed by atoms with Gasteiger partial charge in [0.05, 0.1) is 18.1 Å². The highest BCUT2D eigenvalue weighted by atomic mass is 127. The minimum absolute atomic E-state index is 0. The number of benzene rings is 2. The second-order valence-corrected chi connectivity index (χ2v) is 9.19. The molecule has 2 aromatic carbocycles. The lowest BCUT2D eigenvalue weighted by molar-refractivity contribution is 0.476. The zero-order chi connectivity index (χ0) is 20.0. The van der Waals surface area contributed by atoms with Crippen LogP contribution in [0.4, 0.5) is 0 Å². The lowest BCUT2D eigenvalue weighted by Gasteiger charge is -2.16. The van der Waals surface area contributed by atoms with Gasteiger partial charge in [-0.2, -0.15) is 0 Å². The quantitative estimate of drug-likeness (QED) is 0.340. The minimum atomic E-state index is -2.93. The van der Waals surface area contributed by atoms with Gasteiger partial charge in [0.25, 0.3) is 0 Å². The van der Waals surface area contributed by atoms with Crippen molar-refractivity contribution in [1.29, 1.82) is 0 Å². The second-order valence-electron chi connectivity index (χ2n) is 6.97. The first-order chi connectivity index (χ1) is 13.4. The third-order valence-electron chi connectivity index (χ3n) is 4.51. The number of ether oxygens (including phenoxy) is 1. The molecule has 0 saturated carbocycles. The van der Waals surface area contributed by atoms with Crippen molar-refractivity contribution in [3.8, 4) is 11.5 Å². The molecule has 2 aromatic rings. The van der Waals surface area contributed by atoms with Gasteiger partial charge in [-0.1, -0.05) is 30.3 Å². The van der Waals surface area contributed by atoms with Crippen LogP contribution in [0.2, 0.25) is 0 Å². The summed E-state index contributed by atoms with van der Waals surface area (Å²) in [5.74, 6) is 2.56. The van der Waals surface area contributed by atoms with Crippen molar-refractivity contribution in [2.24, 2.45) is 4.99 Å². The molecule has 0 amide bonds. The number of nitrogens with one attached hydrogen (secondary N) is 2. The summed E-state index contributed by atoms with van der Waals surface area (Å²) in [6, 6.07) is 15.6. The third-order valence-corrected chi connectivity index (χ3v) is 6.28. The maximum absolute atomic E-state index is 11.7. The molecule has 0 radical (unpaired) electrons. The number of hydrogen-bond acceptors (Lipinski definition) is 4. The van der Waals surface area contributed by atoms with Crippen LogP contribution < -0.4 is 15.4 Å². The minimum Gasteiger partial charge on any atom is -0.457 e. The molecule has 0 aromatic heterocycles. The number of nitrogens with zero attached hydrogens (tertiary/aromatic N) is 1. The molecule has 0 bridgehead atoms. The molecule has 0 spiro atoms. The number of guanidine groups is 1. The summed E-state index contributed by atoms with van der Waals surface area (Å²) in [6.07, 6.45) is 0.611. The molecule has 1 unspecified atom stereocenters. The number of sulfone groups is 1. The molecular formula is C21H28IN3O3S. The highest BCUT2D eigenvalue weighted by molar-refractivity contribution is 14.0. The van der Waals surface area contributed by atoms with Gasteiger partial charge in [-0.25, -0.2) is 13.4 Å². The first-order valence-corrected chi connectivity index (χ1v) is 11.3. The Morgan fingerprint density at radius 2 is 2.00 bits per heavy atom. The number of hydrogen-bond donors (Lipinski definition) is 2. The van der Waals surface area contributed by atoms with Gasteiger partial charge in [-0.05, 0) is 44.0 Å². The Bertz CT molecular complexity index is 948. The summed E-state index contributed by atoms with van der Waals surface area (Å²) in [7, 11) is -2.93. The van der Waals surface area contributed by atoms with Crippen molar-refractivity contribution in [3.63, 3.8) is 0 Å². The second kappa shape index (κ2) is 10.8. The van der Waals surface area contributed by atoms with Gasteiger partial charge in [0.2, 0.25) is 0 Å². The standard InChI is InChI=1S/C21H27N3O3S.HI/c1-3-22-21(24-18-11-12-28(25,26)15-18)23-14-17-8-4-5-10-20(17)27-19-9-6-7-16(2)13-19;/h4-10,13,18H,3,11-12,14-15H2,1-2H3,(H2,22,23,24);1H. The van der Waals surface area contributed by atoms with Crippen molar-refractivity contribution in [2.45, 2.75) is 32.9 Å². The highest BCUT2D eigenvalue weighted by Crippen LogP contribution is 2.26. The van der Waals surface area contributed by atoms with Gasteiger partial charge < -0.3 is 15.4 Å². The van der Waals surface area contributed by atoms with Crippen molar-refractivity contribution < 1.29 is 13.2 Å². The Morgan fingerprint density at radius 3 is 2.69 bits per heavy atom. The van der Waals surface area contributed by atoms with E-state index in [0.717, 1.165) is 22.6 Å². The molecule has 1 aliphatic rings. The molecule has 1 aliphatic heterocycles. The summed E-state index contributed by atoms with van der Waals surface area (Å²) in [6.45, 7) is 5.14. The van der Waals surface area contributed by atoms with Crippen molar-refractivity contribution in [3.05, 3.63) is 59.7 Å². The first-order valence-electron chi connectivity index (χ1n) is 9.53. The van der Waals surface area contributed by atoms with E-state index < -0.39 is 9.84 Å². The number of para-hydroxylation sites is 1. The smallest absolute Gasteiger partial charge is 0.191 e. The number of aliphatic imine (C=N–C) groups is 1. The number of aryl methyl sites for hydroxylation is 1. The van der Waals surface area contributed by atoms with Crippen LogP contribution in [-0.4, -0.2) is 38.5 Å². The van der Waals surface area contributed by atoms with E-state index in [1.807, 2.05) is 62.4 Å². The largest absolute Gasteiger partial charge is 0.457 e. The number of halogens is 1. The normalized spacial score (nSPS) is 18.0. The fourth-order valence-electron chi connectivity index (χ4n) is 3.13. The van der Waals surface area contributed by atoms with Crippen LogP contribution in [0.15, 0.2) is 53.5 Å². The van der Waals surface area contributed by atoms with Gasteiger partial charge >= 0.3 is 0 Å². The van der Waals surface area contributed by atoms with Gasteiger partial charge in [0, 0.05) is 18.2 Å². The predicted molar refractivity (Wildman–Crippen MR) is 128 cm³/mol.